The molecule has 0 spiro atoms. The summed E-state index contributed by atoms with van der Waals surface area (Å²) in [6.45, 7) is 0. The van der Waals surface area contributed by atoms with Gasteiger partial charge in [-0.2, -0.15) is 0 Å². The lowest BCUT2D eigenvalue weighted by molar-refractivity contribution is 0.415. The van der Waals surface area contributed by atoms with E-state index in [1.165, 1.54) is 18.2 Å². The first kappa shape index (κ1) is 24.6. The van der Waals surface area contributed by atoms with Crippen molar-refractivity contribution < 1.29 is 9.13 Å². The summed E-state index contributed by atoms with van der Waals surface area (Å²) in [6.07, 6.45) is 0. The van der Waals surface area contributed by atoms with Crippen molar-refractivity contribution in [3.05, 3.63) is 103 Å². The lowest BCUT2D eigenvalue weighted by Gasteiger charge is -2.13. The third kappa shape index (κ3) is 4.56. The monoisotopic (exact) mass is 558 g/mol. The van der Waals surface area contributed by atoms with Gasteiger partial charge in [0.05, 0.1) is 39.0 Å². The average Bonchev–Trinajstić information content (AvgIpc) is 2.87. The number of hydrogen-bond donors (Lipinski definition) is 1. The highest BCUT2D eigenvalue weighted by molar-refractivity contribution is 6.36. The molecule has 0 atom stereocenters. The van der Waals surface area contributed by atoms with Crippen LogP contribution in [0, 0.1) is 5.82 Å². The molecule has 0 saturated carbocycles. The summed E-state index contributed by atoms with van der Waals surface area (Å²) >= 11 is 24.9. The van der Waals surface area contributed by atoms with Crippen LogP contribution >= 0.6 is 46.4 Å². The fourth-order valence-electron chi connectivity index (χ4n) is 3.96. The van der Waals surface area contributed by atoms with E-state index in [0.29, 0.717) is 38.0 Å². The fourth-order valence-corrected chi connectivity index (χ4v) is 4.83. The normalized spacial score (nSPS) is 11.2. The van der Waals surface area contributed by atoms with Gasteiger partial charge in [0, 0.05) is 22.2 Å². The number of H-pyrrole nitrogens is 1. The van der Waals surface area contributed by atoms with Crippen LogP contribution in [0.5, 0.6) is 5.75 Å². The number of nitrogens with zero attached hydrogens (tertiary/aromatic N) is 1. The van der Waals surface area contributed by atoms with Gasteiger partial charge in [-0.05, 0) is 59.7 Å². The smallest absolute Gasteiger partial charge is 0.192 e. The predicted octanol–water partition coefficient (Wildman–Crippen LogP) is 8.69. The molecule has 0 aliphatic carbocycles. The average molecular weight is 560 g/mol. The van der Waals surface area contributed by atoms with Crippen LogP contribution < -0.4 is 10.2 Å². The SMILES string of the molecule is COc1ccc(-c2cc(-c3cc(Cl)ccc3Cl)nc3[nH]c(-c4cc(F)c(Cl)cc4Cl)cc(=O)c23)cc1. The lowest BCUT2D eigenvalue weighted by Crippen LogP contribution is -2.07. The molecule has 0 aliphatic rings. The Balaban J connectivity index is 1.83. The van der Waals surface area contributed by atoms with Gasteiger partial charge in [0.25, 0.3) is 0 Å². The first-order chi connectivity index (χ1) is 17.2. The third-order valence-electron chi connectivity index (χ3n) is 5.70. The second-order valence-electron chi connectivity index (χ2n) is 7.92. The molecular weight excluding hydrogens is 545 g/mol. The molecule has 0 saturated heterocycles. The highest BCUT2D eigenvalue weighted by atomic mass is 35.5. The summed E-state index contributed by atoms with van der Waals surface area (Å²) in [4.78, 5) is 21.3. The maximum atomic E-state index is 14.2. The Morgan fingerprint density at radius 2 is 1.56 bits per heavy atom. The van der Waals surface area contributed by atoms with E-state index in [4.69, 9.17) is 56.1 Å². The number of pyridine rings is 2. The zero-order valence-corrected chi connectivity index (χ0v) is 21.5. The number of aromatic nitrogens is 2. The van der Waals surface area contributed by atoms with Crippen molar-refractivity contribution >= 4 is 57.4 Å². The van der Waals surface area contributed by atoms with E-state index < -0.39 is 5.82 Å². The van der Waals surface area contributed by atoms with Crippen LogP contribution in [-0.4, -0.2) is 17.1 Å². The quantitative estimate of drug-likeness (QED) is 0.224. The van der Waals surface area contributed by atoms with Gasteiger partial charge in [-0.1, -0.05) is 58.5 Å². The molecule has 180 valence electrons. The van der Waals surface area contributed by atoms with E-state index in [1.807, 2.05) is 12.1 Å². The Morgan fingerprint density at radius 1 is 0.806 bits per heavy atom. The number of methoxy groups -OCH3 is 1. The molecule has 4 nitrogen and oxygen atoms in total. The Bertz CT molecular complexity index is 1700. The second-order valence-corrected chi connectivity index (χ2v) is 9.58. The van der Waals surface area contributed by atoms with Crippen molar-refractivity contribution in [1.29, 1.82) is 0 Å². The van der Waals surface area contributed by atoms with Crippen molar-refractivity contribution in [3.63, 3.8) is 0 Å². The molecule has 3 aromatic carbocycles. The minimum Gasteiger partial charge on any atom is -0.497 e. The molecule has 5 aromatic rings. The van der Waals surface area contributed by atoms with E-state index in [9.17, 15) is 9.18 Å². The van der Waals surface area contributed by atoms with Crippen LogP contribution in [0.25, 0.3) is 44.7 Å². The standard InChI is InChI=1S/C27H15Cl4FN2O2/c1-36-15-5-2-13(3-6-15)16-10-23(17-8-14(28)4-7-19(17)29)33-27-26(16)25(35)12-24(34-27)18-9-22(32)21(31)11-20(18)30/h2-12H,1H3,(H,33,34,35). The van der Waals surface area contributed by atoms with Crippen molar-refractivity contribution in [3.8, 4) is 39.4 Å². The second kappa shape index (κ2) is 9.75. The first-order valence-electron chi connectivity index (χ1n) is 10.6. The number of ether oxygens (including phenoxy) is 1. The van der Waals surface area contributed by atoms with Crippen LogP contribution in [0.2, 0.25) is 20.1 Å². The molecule has 0 radical (unpaired) electrons. The van der Waals surface area contributed by atoms with Crippen LogP contribution in [0.1, 0.15) is 0 Å². The maximum Gasteiger partial charge on any atom is 0.192 e. The molecule has 2 aromatic heterocycles. The minimum absolute atomic E-state index is 0.121. The summed E-state index contributed by atoms with van der Waals surface area (Å²) in [5, 5.41) is 1.32. The predicted molar refractivity (Wildman–Crippen MR) is 145 cm³/mol. The zero-order chi connectivity index (χ0) is 25.6. The maximum absolute atomic E-state index is 14.2. The highest BCUT2D eigenvalue weighted by Gasteiger charge is 2.18. The summed E-state index contributed by atoms with van der Waals surface area (Å²) in [5.41, 5.74) is 2.96. The summed E-state index contributed by atoms with van der Waals surface area (Å²) in [5.74, 6) is 0.00850. The molecule has 2 heterocycles. The van der Waals surface area contributed by atoms with E-state index >= 15 is 0 Å². The van der Waals surface area contributed by atoms with Gasteiger partial charge >= 0.3 is 0 Å². The molecule has 0 fully saturated rings. The summed E-state index contributed by atoms with van der Waals surface area (Å²) in [7, 11) is 1.58. The Labute approximate surface area is 225 Å². The first-order valence-corrected chi connectivity index (χ1v) is 12.1. The summed E-state index contributed by atoms with van der Waals surface area (Å²) < 4.78 is 19.5. The Kier molecular flexibility index (Phi) is 6.66. The van der Waals surface area contributed by atoms with Gasteiger partial charge in [-0.25, -0.2) is 9.37 Å². The van der Waals surface area contributed by atoms with Gasteiger partial charge in [0.1, 0.15) is 17.2 Å². The molecule has 36 heavy (non-hydrogen) atoms. The molecule has 0 unspecified atom stereocenters. The molecular formula is C27H15Cl4FN2O2. The number of halogens is 5. The van der Waals surface area contributed by atoms with Gasteiger partial charge in [0.2, 0.25) is 0 Å². The summed E-state index contributed by atoms with van der Waals surface area (Å²) in [6, 6.07) is 17.9. The number of rotatable bonds is 4. The van der Waals surface area contributed by atoms with Crippen molar-refractivity contribution in [1.82, 2.24) is 9.97 Å². The number of fused-ring (bicyclic) bond motifs is 1. The fraction of sp³-hybridized carbons (Fsp3) is 0.0370. The van der Waals surface area contributed by atoms with Crippen LogP contribution in [0.4, 0.5) is 4.39 Å². The molecule has 9 heteroatoms. The largest absolute Gasteiger partial charge is 0.497 e. The van der Waals surface area contributed by atoms with E-state index in [2.05, 4.69) is 4.98 Å². The number of nitrogens with one attached hydrogen (secondary N) is 1. The number of aromatic amines is 1. The number of benzene rings is 3. The molecule has 1 N–H and O–H groups in total. The van der Waals surface area contributed by atoms with Crippen molar-refractivity contribution in [2.75, 3.05) is 7.11 Å². The number of hydrogen-bond acceptors (Lipinski definition) is 3. The van der Waals surface area contributed by atoms with Crippen LogP contribution in [-0.2, 0) is 0 Å². The van der Waals surface area contributed by atoms with Crippen LogP contribution in [0.3, 0.4) is 0 Å². The minimum atomic E-state index is -0.664. The van der Waals surface area contributed by atoms with Crippen LogP contribution in [0.15, 0.2) is 71.5 Å². The Morgan fingerprint density at radius 3 is 2.28 bits per heavy atom. The lowest BCUT2D eigenvalue weighted by atomic mass is 9.98. The zero-order valence-electron chi connectivity index (χ0n) is 18.5. The van der Waals surface area contributed by atoms with E-state index in [1.54, 1.807) is 43.5 Å². The van der Waals surface area contributed by atoms with Crippen molar-refractivity contribution in [2.24, 2.45) is 0 Å². The molecule has 0 aliphatic heterocycles. The van der Waals surface area contributed by atoms with Gasteiger partial charge in [-0.3, -0.25) is 4.79 Å². The van der Waals surface area contributed by atoms with E-state index in [0.717, 1.165) is 5.56 Å². The van der Waals surface area contributed by atoms with Gasteiger partial charge in [0.15, 0.2) is 5.43 Å². The Hall–Kier alpha value is -3.09. The topological polar surface area (TPSA) is 55.0 Å². The van der Waals surface area contributed by atoms with Gasteiger partial charge < -0.3 is 9.72 Å². The molecule has 0 bridgehead atoms. The molecule has 0 amide bonds. The molecule has 5 rings (SSSR count). The van der Waals surface area contributed by atoms with Crippen molar-refractivity contribution in [2.45, 2.75) is 0 Å². The van der Waals surface area contributed by atoms with E-state index in [-0.39, 0.29) is 32.4 Å². The highest BCUT2D eigenvalue weighted by Crippen LogP contribution is 2.36. The third-order valence-corrected chi connectivity index (χ3v) is 6.87. The van der Waals surface area contributed by atoms with Gasteiger partial charge in [-0.15, -0.1) is 0 Å².